The highest BCUT2D eigenvalue weighted by atomic mass is 16.3. The molecule has 2 aliphatic heterocycles. The number of fused-ring (bicyclic) bond motifs is 5. The smallest absolute Gasteiger partial charge is 0.320 e. The van der Waals surface area contributed by atoms with Gasteiger partial charge >= 0.3 is 6.03 Å². The fourth-order valence-electron chi connectivity index (χ4n) is 10.8. The Labute approximate surface area is 242 Å². The molecule has 0 bridgehead atoms. The summed E-state index contributed by atoms with van der Waals surface area (Å²) in [7, 11) is 0. The molecule has 3 saturated carbocycles. The molecule has 2 heterocycles. The number of amides is 3. The molecule has 6 aliphatic rings. The zero-order chi connectivity index (χ0) is 28.2. The number of urea groups is 1. The van der Waals surface area contributed by atoms with Gasteiger partial charge in [0.2, 0.25) is 5.91 Å². The van der Waals surface area contributed by atoms with Crippen molar-refractivity contribution in [3.8, 4) is 0 Å². The molecule has 2 saturated heterocycles. The van der Waals surface area contributed by atoms with Crippen LogP contribution in [0.5, 0.6) is 0 Å². The average molecular weight is 554 g/mol. The van der Waals surface area contributed by atoms with Crippen LogP contribution in [0, 0.1) is 46.3 Å². The summed E-state index contributed by atoms with van der Waals surface area (Å²) >= 11 is 0. The first kappa shape index (κ1) is 28.6. The minimum absolute atomic E-state index is 0.130. The number of rotatable bonds is 4. The lowest BCUT2D eigenvalue weighted by molar-refractivity contribution is -0.133. The maximum absolute atomic E-state index is 13.2. The van der Waals surface area contributed by atoms with E-state index in [0.717, 1.165) is 68.9 Å². The van der Waals surface area contributed by atoms with E-state index in [1.165, 1.54) is 32.1 Å². The summed E-state index contributed by atoms with van der Waals surface area (Å²) < 4.78 is 0. The van der Waals surface area contributed by atoms with Crippen molar-refractivity contribution in [2.24, 2.45) is 46.3 Å². The summed E-state index contributed by atoms with van der Waals surface area (Å²) in [6.07, 6.45) is 14.7. The summed E-state index contributed by atoms with van der Waals surface area (Å²) in [6.45, 7) is 14.2. The molecular formula is C34H55N3O3. The standard InChI is InChI=1S/C34H55N3O3/c1-23-13-16-37(22-23)32(40)36-19-17-35(18-20-36)31(39)10-5-24(2)28-8-9-29-27-7-6-25-21-26(38)11-14-33(25,3)30(27)12-15-34(28,29)4/h6,23-24,26-30,38H,5,7-22H2,1-4H3/t23-,24-,26+,27+,28-,29+,30+,33+,34-/m1/s1. The summed E-state index contributed by atoms with van der Waals surface area (Å²) in [5.74, 6) is 4.57. The van der Waals surface area contributed by atoms with Gasteiger partial charge in [-0.05, 0) is 111 Å². The van der Waals surface area contributed by atoms with Crippen LogP contribution in [0.15, 0.2) is 11.6 Å². The number of piperazine rings is 1. The zero-order valence-electron chi connectivity index (χ0n) is 25.7. The number of carbonyl (C=O) groups excluding carboxylic acids is 2. The van der Waals surface area contributed by atoms with E-state index in [2.05, 4.69) is 33.8 Å². The molecule has 0 unspecified atom stereocenters. The fraction of sp³-hybridized carbons (Fsp3) is 0.882. The molecule has 4 aliphatic carbocycles. The van der Waals surface area contributed by atoms with Gasteiger partial charge in [0.1, 0.15) is 0 Å². The van der Waals surface area contributed by atoms with Crippen LogP contribution in [0.4, 0.5) is 4.79 Å². The molecule has 0 radical (unpaired) electrons. The summed E-state index contributed by atoms with van der Waals surface area (Å²) in [4.78, 5) is 32.0. The molecular weight excluding hydrogens is 498 g/mol. The Bertz CT molecular complexity index is 1000. The molecule has 40 heavy (non-hydrogen) atoms. The molecule has 0 aromatic rings. The van der Waals surface area contributed by atoms with Gasteiger partial charge in [0.15, 0.2) is 0 Å². The van der Waals surface area contributed by atoms with E-state index in [1.807, 2.05) is 14.7 Å². The molecule has 0 aromatic heterocycles. The predicted octanol–water partition coefficient (Wildman–Crippen LogP) is 5.95. The molecule has 0 aromatic carbocycles. The van der Waals surface area contributed by atoms with Crippen molar-refractivity contribution >= 4 is 11.9 Å². The van der Waals surface area contributed by atoms with Crippen LogP contribution in [0.3, 0.4) is 0 Å². The number of aliphatic hydroxyl groups is 1. The Morgan fingerprint density at radius 3 is 2.42 bits per heavy atom. The number of carbonyl (C=O) groups is 2. The van der Waals surface area contributed by atoms with Crippen molar-refractivity contribution in [1.29, 1.82) is 0 Å². The van der Waals surface area contributed by atoms with Crippen molar-refractivity contribution < 1.29 is 14.7 Å². The second-order valence-electron chi connectivity index (χ2n) is 15.4. The van der Waals surface area contributed by atoms with Crippen LogP contribution in [-0.2, 0) is 4.79 Å². The number of hydrogen-bond acceptors (Lipinski definition) is 3. The van der Waals surface area contributed by atoms with Crippen LogP contribution in [0.25, 0.3) is 0 Å². The third-order valence-corrected chi connectivity index (χ3v) is 13.2. The van der Waals surface area contributed by atoms with Gasteiger partial charge < -0.3 is 19.8 Å². The van der Waals surface area contributed by atoms with E-state index in [0.29, 0.717) is 55.3 Å². The second kappa shape index (κ2) is 10.9. The monoisotopic (exact) mass is 553 g/mol. The van der Waals surface area contributed by atoms with Crippen molar-refractivity contribution in [3.05, 3.63) is 11.6 Å². The summed E-state index contributed by atoms with van der Waals surface area (Å²) in [5, 5.41) is 10.3. The van der Waals surface area contributed by atoms with Gasteiger partial charge in [-0.3, -0.25) is 4.79 Å². The highest BCUT2D eigenvalue weighted by molar-refractivity contribution is 5.78. The van der Waals surface area contributed by atoms with Crippen LogP contribution < -0.4 is 0 Å². The normalized spacial score (nSPS) is 42.1. The lowest BCUT2D eigenvalue weighted by Crippen LogP contribution is -2.53. The largest absolute Gasteiger partial charge is 0.393 e. The molecule has 5 fully saturated rings. The van der Waals surface area contributed by atoms with E-state index in [9.17, 15) is 14.7 Å². The third kappa shape index (κ3) is 4.92. The van der Waals surface area contributed by atoms with Gasteiger partial charge in [0.25, 0.3) is 0 Å². The Balaban J connectivity index is 1.01. The molecule has 6 nitrogen and oxygen atoms in total. The predicted molar refractivity (Wildman–Crippen MR) is 159 cm³/mol. The van der Waals surface area contributed by atoms with Crippen LogP contribution in [0.2, 0.25) is 0 Å². The lowest BCUT2D eigenvalue weighted by Gasteiger charge is -2.58. The minimum atomic E-state index is -0.130. The fourth-order valence-corrected chi connectivity index (χ4v) is 10.8. The highest BCUT2D eigenvalue weighted by Gasteiger charge is 2.59. The maximum Gasteiger partial charge on any atom is 0.320 e. The molecule has 6 rings (SSSR count). The Morgan fingerprint density at radius 1 is 0.950 bits per heavy atom. The molecule has 224 valence electrons. The van der Waals surface area contributed by atoms with Crippen LogP contribution in [0.1, 0.15) is 98.3 Å². The average Bonchev–Trinajstić information content (AvgIpc) is 3.54. The van der Waals surface area contributed by atoms with Gasteiger partial charge in [-0.2, -0.15) is 0 Å². The maximum atomic E-state index is 13.2. The van der Waals surface area contributed by atoms with E-state index in [-0.39, 0.29) is 18.0 Å². The number of likely N-dealkylation sites (tertiary alicyclic amines) is 1. The summed E-state index contributed by atoms with van der Waals surface area (Å²) in [6, 6.07) is 0.170. The van der Waals surface area contributed by atoms with Crippen LogP contribution >= 0.6 is 0 Å². The van der Waals surface area contributed by atoms with Crippen molar-refractivity contribution in [2.75, 3.05) is 39.3 Å². The van der Waals surface area contributed by atoms with Crippen molar-refractivity contribution in [3.63, 3.8) is 0 Å². The number of hydrogen-bond donors (Lipinski definition) is 1. The van der Waals surface area contributed by atoms with Gasteiger partial charge in [-0.15, -0.1) is 0 Å². The SMILES string of the molecule is C[C@@H]1CCN(C(=O)N2CCN(C(=O)CC[C@@H](C)[C@H]3CC[C@H]4[C@@H]5CC=C6C[C@@H](O)CC[C@]6(C)[C@H]5CC[C@]34C)CC2)C1. The van der Waals surface area contributed by atoms with Crippen molar-refractivity contribution in [2.45, 2.75) is 104 Å². The first-order chi connectivity index (χ1) is 19.1. The van der Waals surface area contributed by atoms with E-state index in [4.69, 9.17) is 0 Å². The molecule has 3 amide bonds. The van der Waals surface area contributed by atoms with Gasteiger partial charge in [-0.1, -0.05) is 39.3 Å². The number of nitrogens with zero attached hydrogens (tertiary/aromatic N) is 3. The lowest BCUT2D eigenvalue weighted by atomic mass is 9.47. The van der Waals surface area contributed by atoms with Gasteiger partial charge in [-0.25, -0.2) is 4.79 Å². The first-order valence-corrected chi connectivity index (χ1v) is 16.8. The number of aliphatic hydroxyl groups excluding tert-OH is 1. The van der Waals surface area contributed by atoms with Gasteiger partial charge in [0.05, 0.1) is 6.10 Å². The van der Waals surface area contributed by atoms with Crippen molar-refractivity contribution in [1.82, 2.24) is 14.7 Å². The Hall–Kier alpha value is -1.56. The molecule has 1 N–H and O–H groups in total. The Kier molecular flexibility index (Phi) is 7.80. The quantitative estimate of drug-likeness (QED) is 0.438. The van der Waals surface area contributed by atoms with E-state index >= 15 is 0 Å². The highest BCUT2D eigenvalue weighted by Crippen LogP contribution is 2.67. The van der Waals surface area contributed by atoms with E-state index in [1.54, 1.807) is 5.57 Å². The third-order valence-electron chi connectivity index (χ3n) is 13.2. The van der Waals surface area contributed by atoms with Crippen LogP contribution in [-0.4, -0.2) is 77.1 Å². The van der Waals surface area contributed by atoms with E-state index < -0.39 is 0 Å². The van der Waals surface area contributed by atoms with Gasteiger partial charge in [0, 0.05) is 45.7 Å². The minimum Gasteiger partial charge on any atom is -0.393 e. The number of allylic oxidation sites excluding steroid dienone is 1. The first-order valence-electron chi connectivity index (χ1n) is 16.8. The second-order valence-corrected chi connectivity index (χ2v) is 15.4. The summed E-state index contributed by atoms with van der Waals surface area (Å²) in [5.41, 5.74) is 2.27. The topological polar surface area (TPSA) is 64.1 Å². The Morgan fingerprint density at radius 2 is 1.70 bits per heavy atom. The molecule has 6 heteroatoms. The molecule has 0 spiro atoms. The zero-order valence-corrected chi connectivity index (χ0v) is 25.7. The molecule has 9 atom stereocenters.